The van der Waals surface area contributed by atoms with Crippen molar-refractivity contribution in [3.05, 3.63) is 59.2 Å². The minimum Gasteiger partial charge on any atom is -0.487 e. The standard InChI is InChI=1S/C15H17NO/c1-11-7-12(2)9-13(8-11)10-17-15-6-4-3-5-14(15)16/h3-9H,10,16H2,1-2H3. The van der Waals surface area contributed by atoms with Crippen molar-refractivity contribution < 1.29 is 4.74 Å². The van der Waals surface area contributed by atoms with E-state index in [2.05, 4.69) is 32.0 Å². The summed E-state index contributed by atoms with van der Waals surface area (Å²) in [4.78, 5) is 0. The van der Waals surface area contributed by atoms with Gasteiger partial charge < -0.3 is 10.5 Å². The number of anilines is 1. The van der Waals surface area contributed by atoms with Gasteiger partial charge in [-0.3, -0.25) is 0 Å². The van der Waals surface area contributed by atoms with E-state index >= 15 is 0 Å². The molecule has 0 radical (unpaired) electrons. The van der Waals surface area contributed by atoms with Crippen LogP contribution in [0.25, 0.3) is 0 Å². The van der Waals surface area contributed by atoms with Gasteiger partial charge in [0.25, 0.3) is 0 Å². The third-order valence-electron chi connectivity index (χ3n) is 2.59. The molecule has 2 rings (SSSR count). The highest BCUT2D eigenvalue weighted by Crippen LogP contribution is 2.21. The first-order valence-corrected chi connectivity index (χ1v) is 5.69. The number of nitrogens with two attached hydrogens (primary N) is 1. The molecule has 0 aliphatic rings. The molecule has 2 aromatic carbocycles. The van der Waals surface area contributed by atoms with E-state index in [1.807, 2.05) is 24.3 Å². The summed E-state index contributed by atoms with van der Waals surface area (Å²) in [6.45, 7) is 4.73. The highest BCUT2D eigenvalue weighted by molar-refractivity contribution is 5.51. The van der Waals surface area contributed by atoms with E-state index < -0.39 is 0 Å². The Morgan fingerprint density at radius 2 is 1.65 bits per heavy atom. The molecule has 17 heavy (non-hydrogen) atoms. The zero-order chi connectivity index (χ0) is 12.3. The van der Waals surface area contributed by atoms with Gasteiger partial charge in [0.2, 0.25) is 0 Å². The highest BCUT2D eigenvalue weighted by Gasteiger charge is 2.00. The van der Waals surface area contributed by atoms with Gasteiger partial charge in [-0.15, -0.1) is 0 Å². The number of ether oxygens (including phenoxy) is 1. The van der Waals surface area contributed by atoms with Crippen molar-refractivity contribution in [1.29, 1.82) is 0 Å². The lowest BCUT2D eigenvalue weighted by Gasteiger charge is -2.09. The number of benzene rings is 2. The third-order valence-corrected chi connectivity index (χ3v) is 2.59. The Balaban J connectivity index is 2.10. The molecule has 0 unspecified atom stereocenters. The summed E-state index contributed by atoms with van der Waals surface area (Å²) >= 11 is 0. The summed E-state index contributed by atoms with van der Waals surface area (Å²) in [5.74, 6) is 0.742. The van der Waals surface area contributed by atoms with Crippen LogP contribution in [0.3, 0.4) is 0 Å². The van der Waals surface area contributed by atoms with E-state index in [0.29, 0.717) is 12.3 Å². The molecule has 0 atom stereocenters. The molecule has 0 aliphatic carbocycles. The van der Waals surface area contributed by atoms with Crippen molar-refractivity contribution in [3.8, 4) is 5.75 Å². The quantitative estimate of drug-likeness (QED) is 0.815. The first-order valence-electron chi connectivity index (χ1n) is 5.69. The summed E-state index contributed by atoms with van der Waals surface area (Å²) in [6, 6.07) is 14.0. The van der Waals surface area contributed by atoms with E-state index in [-0.39, 0.29) is 0 Å². The molecule has 0 saturated heterocycles. The van der Waals surface area contributed by atoms with Crippen LogP contribution in [0.4, 0.5) is 5.69 Å². The summed E-state index contributed by atoms with van der Waals surface area (Å²) in [7, 11) is 0. The number of hydrogen-bond donors (Lipinski definition) is 1. The Hall–Kier alpha value is -1.96. The van der Waals surface area contributed by atoms with Crippen LogP contribution < -0.4 is 10.5 Å². The van der Waals surface area contributed by atoms with E-state index in [1.165, 1.54) is 16.7 Å². The summed E-state index contributed by atoms with van der Waals surface area (Å²) in [5, 5.41) is 0. The Morgan fingerprint density at radius 1 is 1.00 bits per heavy atom. The van der Waals surface area contributed by atoms with Gasteiger partial charge in [-0.1, -0.05) is 41.5 Å². The second-order valence-electron chi connectivity index (χ2n) is 4.32. The summed E-state index contributed by atoms with van der Waals surface area (Å²) in [6.07, 6.45) is 0. The van der Waals surface area contributed by atoms with Crippen LogP contribution in [-0.4, -0.2) is 0 Å². The van der Waals surface area contributed by atoms with Crippen LogP contribution in [0.5, 0.6) is 5.75 Å². The number of aryl methyl sites for hydroxylation is 2. The topological polar surface area (TPSA) is 35.2 Å². The van der Waals surface area contributed by atoms with Crippen molar-refractivity contribution in [1.82, 2.24) is 0 Å². The maximum atomic E-state index is 5.82. The van der Waals surface area contributed by atoms with Gasteiger partial charge in [-0.05, 0) is 31.5 Å². The monoisotopic (exact) mass is 227 g/mol. The number of nitrogen functional groups attached to an aromatic ring is 1. The van der Waals surface area contributed by atoms with Crippen molar-refractivity contribution in [2.24, 2.45) is 0 Å². The molecule has 2 nitrogen and oxygen atoms in total. The third kappa shape index (κ3) is 3.00. The second kappa shape index (κ2) is 4.91. The fourth-order valence-electron chi connectivity index (χ4n) is 1.93. The smallest absolute Gasteiger partial charge is 0.142 e. The first kappa shape index (κ1) is 11.5. The lowest BCUT2D eigenvalue weighted by atomic mass is 10.1. The molecule has 2 N–H and O–H groups in total. The molecular weight excluding hydrogens is 210 g/mol. The van der Waals surface area contributed by atoms with Crippen molar-refractivity contribution in [2.75, 3.05) is 5.73 Å². The summed E-state index contributed by atoms with van der Waals surface area (Å²) < 4.78 is 5.71. The maximum absolute atomic E-state index is 5.82. The molecule has 0 bridgehead atoms. The van der Waals surface area contributed by atoms with Gasteiger partial charge in [0.1, 0.15) is 12.4 Å². The fraction of sp³-hybridized carbons (Fsp3) is 0.200. The largest absolute Gasteiger partial charge is 0.487 e. The number of para-hydroxylation sites is 2. The molecule has 2 aromatic rings. The predicted octanol–water partition coefficient (Wildman–Crippen LogP) is 3.46. The Morgan fingerprint density at radius 3 is 2.29 bits per heavy atom. The van der Waals surface area contributed by atoms with Crippen LogP contribution in [0, 0.1) is 13.8 Å². The van der Waals surface area contributed by atoms with E-state index in [1.54, 1.807) is 0 Å². The highest BCUT2D eigenvalue weighted by atomic mass is 16.5. The van der Waals surface area contributed by atoms with Crippen LogP contribution in [-0.2, 0) is 6.61 Å². The molecule has 0 amide bonds. The van der Waals surface area contributed by atoms with Gasteiger partial charge in [0.05, 0.1) is 5.69 Å². The van der Waals surface area contributed by atoms with Crippen molar-refractivity contribution in [3.63, 3.8) is 0 Å². The van der Waals surface area contributed by atoms with Crippen LogP contribution in [0.1, 0.15) is 16.7 Å². The minimum atomic E-state index is 0.552. The first-order chi connectivity index (χ1) is 8.15. The van der Waals surface area contributed by atoms with E-state index in [9.17, 15) is 0 Å². The van der Waals surface area contributed by atoms with Crippen LogP contribution in [0.15, 0.2) is 42.5 Å². The Bertz CT molecular complexity index is 500. The van der Waals surface area contributed by atoms with Gasteiger partial charge in [0.15, 0.2) is 0 Å². The van der Waals surface area contributed by atoms with Crippen molar-refractivity contribution >= 4 is 5.69 Å². The predicted molar refractivity (Wildman–Crippen MR) is 71.1 cm³/mol. The molecular formula is C15H17NO. The SMILES string of the molecule is Cc1cc(C)cc(COc2ccccc2N)c1. The van der Waals surface area contributed by atoms with Gasteiger partial charge in [0, 0.05) is 0 Å². The average molecular weight is 227 g/mol. The van der Waals surface area contributed by atoms with Crippen LogP contribution in [0.2, 0.25) is 0 Å². The lowest BCUT2D eigenvalue weighted by molar-refractivity contribution is 0.308. The zero-order valence-corrected chi connectivity index (χ0v) is 10.2. The average Bonchev–Trinajstić information content (AvgIpc) is 2.27. The van der Waals surface area contributed by atoms with E-state index in [0.717, 1.165) is 5.75 Å². The van der Waals surface area contributed by atoms with E-state index in [4.69, 9.17) is 10.5 Å². The molecule has 0 fully saturated rings. The molecule has 0 spiro atoms. The molecule has 88 valence electrons. The normalized spacial score (nSPS) is 10.2. The second-order valence-corrected chi connectivity index (χ2v) is 4.32. The van der Waals surface area contributed by atoms with Gasteiger partial charge in [-0.2, -0.15) is 0 Å². The fourth-order valence-corrected chi connectivity index (χ4v) is 1.93. The summed E-state index contributed by atoms with van der Waals surface area (Å²) in [5.41, 5.74) is 10.2. The Labute approximate surface area is 102 Å². The number of hydrogen-bond acceptors (Lipinski definition) is 2. The molecule has 0 aromatic heterocycles. The maximum Gasteiger partial charge on any atom is 0.142 e. The molecule has 0 saturated carbocycles. The van der Waals surface area contributed by atoms with Gasteiger partial charge in [-0.25, -0.2) is 0 Å². The molecule has 2 heteroatoms. The zero-order valence-electron chi connectivity index (χ0n) is 10.2. The van der Waals surface area contributed by atoms with Crippen molar-refractivity contribution in [2.45, 2.75) is 20.5 Å². The Kier molecular flexibility index (Phi) is 3.33. The lowest BCUT2D eigenvalue weighted by Crippen LogP contribution is -1.99. The minimum absolute atomic E-state index is 0.552. The number of rotatable bonds is 3. The molecule has 0 aliphatic heterocycles. The van der Waals surface area contributed by atoms with Gasteiger partial charge >= 0.3 is 0 Å². The van der Waals surface area contributed by atoms with Crippen LogP contribution >= 0.6 is 0 Å². The molecule has 0 heterocycles.